The van der Waals surface area contributed by atoms with Crippen LogP contribution in [0.15, 0.2) is 0 Å². The molecule has 0 radical (unpaired) electrons. The maximum Gasteiger partial charge on any atom is -0.0391 e. The second-order valence-electron chi connectivity index (χ2n) is 8.13. The molecule has 0 saturated heterocycles. The number of hydrogen-bond donors (Lipinski definition) is 0. The molecule has 2 aliphatic rings. The van der Waals surface area contributed by atoms with Crippen molar-refractivity contribution < 1.29 is 0 Å². The van der Waals surface area contributed by atoms with Crippen LogP contribution in [0.3, 0.4) is 0 Å². The van der Waals surface area contributed by atoms with E-state index < -0.39 is 0 Å². The van der Waals surface area contributed by atoms with Gasteiger partial charge in [-0.05, 0) is 30.1 Å². The summed E-state index contributed by atoms with van der Waals surface area (Å²) in [5.41, 5.74) is 0. The molecule has 2 rings (SSSR count). The van der Waals surface area contributed by atoms with Crippen molar-refractivity contribution in [3.05, 3.63) is 0 Å². The summed E-state index contributed by atoms with van der Waals surface area (Å²) >= 11 is 0. The van der Waals surface area contributed by atoms with Crippen molar-refractivity contribution in [1.82, 2.24) is 0 Å². The Balaban J connectivity index is 0.000000364. The van der Waals surface area contributed by atoms with Crippen LogP contribution in [-0.2, 0) is 0 Å². The first kappa shape index (κ1) is 21.0. The zero-order valence-electron chi connectivity index (χ0n) is 14.8. The molecule has 0 bridgehead atoms. The van der Waals surface area contributed by atoms with Crippen molar-refractivity contribution >= 4 is 0 Å². The summed E-state index contributed by atoms with van der Waals surface area (Å²) in [5, 5.41) is 0. The third-order valence-electron chi connectivity index (χ3n) is 5.37. The standard InChI is InChI=1S/2C10H20.CH4/c1-9(2)8-10-6-4-3-5-7-10;1-9(2)10-7-5-3-4-6-8-10;/h2*9-10H,3-8H2,1-2H3;1H4. The number of hydrogen-bond acceptors (Lipinski definition) is 0. The third-order valence-corrected chi connectivity index (χ3v) is 5.37. The fraction of sp³-hybridized carbons (Fsp3) is 1.00. The molecule has 2 fully saturated rings. The Morgan fingerprint density at radius 1 is 0.667 bits per heavy atom. The Morgan fingerprint density at radius 2 is 1.10 bits per heavy atom. The minimum atomic E-state index is 0. The van der Waals surface area contributed by atoms with Crippen LogP contribution < -0.4 is 0 Å². The van der Waals surface area contributed by atoms with Crippen LogP contribution >= 0.6 is 0 Å². The second-order valence-corrected chi connectivity index (χ2v) is 8.13. The van der Waals surface area contributed by atoms with Gasteiger partial charge in [0.15, 0.2) is 0 Å². The minimum Gasteiger partial charge on any atom is -0.0776 e. The molecule has 0 N–H and O–H groups in total. The van der Waals surface area contributed by atoms with Gasteiger partial charge in [-0.1, -0.05) is 106 Å². The summed E-state index contributed by atoms with van der Waals surface area (Å²) in [6, 6.07) is 0. The molecule has 0 aromatic carbocycles. The predicted octanol–water partition coefficient (Wildman–Crippen LogP) is 7.86. The van der Waals surface area contributed by atoms with Gasteiger partial charge in [-0.2, -0.15) is 0 Å². The largest absolute Gasteiger partial charge is 0.0776 e. The maximum absolute atomic E-state index is 2.37. The molecule has 0 spiro atoms. The van der Waals surface area contributed by atoms with E-state index in [1.807, 2.05) is 0 Å². The van der Waals surface area contributed by atoms with E-state index >= 15 is 0 Å². The van der Waals surface area contributed by atoms with Gasteiger partial charge in [0.05, 0.1) is 0 Å². The molecule has 0 atom stereocenters. The SMILES string of the molecule is C.CC(C)C1CCCCCC1.CC(C)CC1CCCCC1. The smallest absolute Gasteiger partial charge is 0.0391 e. The van der Waals surface area contributed by atoms with Crippen LogP contribution in [0.5, 0.6) is 0 Å². The van der Waals surface area contributed by atoms with E-state index in [0.29, 0.717) is 0 Å². The molecule has 0 aromatic rings. The highest BCUT2D eigenvalue weighted by Gasteiger charge is 2.15. The van der Waals surface area contributed by atoms with Crippen LogP contribution in [-0.4, -0.2) is 0 Å². The van der Waals surface area contributed by atoms with Crippen molar-refractivity contribution in [1.29, 1.82) is 0 Å². The van der Waals surface area contributed by atoms with Crippen molar-refractivity contribution in [3.8, 4) is 0 Å². The van der Waals surface area contributed by atoms with E-state index in [1.165, 1.54) is 77.0 Å². The first-order valence-electron chi connectivity index (χ1n) is 9.59. The monoisotopic (exact) mass is 296 g/mol. The Kier molecular flexibility index (Phi) is 12.5. The lowest BCUT2D eigenvalue weighted by atomic mass is 9.84. The van der Waals surface area contributed by atoms with Crippen LogP contribution in [0.2, 0.25) is 0 Å². The van der Waals surface area contributed by atoms with Crippen LogP contribution in [0.25, 0.3) is 0 Å². The van der Waals surface area contributed by atoms with Crippen LogP contribution in [0, 0.1) is 23.7 Å². The molecule has 2 saturated carbocycles. The van der Waals surface area contributed by atoms with E-state index in [0.717, 1.165) is 23.7 Å². The average Bonchev–Trinajstić information content (AvgIpc) is 2.69. The van der Waals surface area contributed by atoms with Crippen molar-refractivity contribution in [3.63, 3.8) is 0 Å². The average molecular weight is 297 g/mol. The van der Waals surface area contributed by atoms with Crippen molar-refractivity contribution in [2.24, 2.45) is 23.7 Å². The second kappa shape index (κ2) is 12.5. The highest BCUT2D eigenvalue weighted by atomic mass is 14.2. The topological polar surface area (TPSA) is 0 Å². The summed E-state index contributed by atoms with van der Waals surface area (Å²) in [6.45, 7) is 9.43. The van der Waals surface area contributed by atoms with E-state index in [1.54, 1.807) is 0 Å². The molecule has 0 unspecified atom stereocenters. The summed E-state index contributed by atoms with van der Waals surface area (Å²) < 4.78 is 0. The Labute approximate surface area is 136 Å². The van der Waals surface area contributed by atoms with Crippen molar-refractivity contribution in [2.75, 3.05) is 0 Å². The highest BCUT2D eigenvalue weighted by Crippen LogP contribution is 2.29. The van der Waals surface area contributed by atoms with Crippen molar-refractivity contribution in [2.45, 2.75) is 112 Å². The molecule has 0 heteroatoms. The van der Waals surface area contributed by atoms with Crippen LogP contribution in [0.4, 0.5) is 0 Å². The lowest BCUT2D eigenvalue weighted by molar-refractivity contribution is 0.305. The fourth-order valence-electron chi connectivity index (χ4n) is 4.07. The van der Waals surface area contributed by atoms with Gasteiger partial charge in [-0.3, -0.25) is 0 Å². The molecule has 128 valence electrons. The van der Waals surface area contributed by atoms with E-state index in [-0.39, 0.29) is 7.43 Å². The first-order chi connectivity index (χ1) is 9.59. The first-order valence-corrected chi connectivity index (χ1v) is 9.59. The quantitative estimate of drug-likeness (QED) is 0.465. The number of rotatable bonds is 3. The van der Waals surface area contributed by atoms with Gasteiger partial charge < -0.3 is 0 Å². The van der Waals surface area contributed by atoms with E-state index in [4.69, 9.17) is 0 Å². The summed E-state index contributed by atoms with van der Waals surface area (Å²) in [6.07, 6.45) is 17.9. The summed E-state index contributed by atoms with van der Waals surface area (Å²) in [4.78, 5) is 0. The van der Waals surface area contributed by atoms with Gasteiger partial charge in [0.1, 0.15) is 0 Å². The van der Waals surface area contributed by atoms with Gasteiger partial charge in [0.2, 0.25) is 0 Å². The molecule has 0 amide bonds. The van der Waals surface area contributed by atoms with Gasteiger partial charge in [0.25, 0.3) is 0 Å². The van der Waals surface area contributed by atoms with Gasteiger partial charge >= 0.3 is 0 Å². The normalized spacial score (nSPS) is 21.4. The predicted molar refractivity (Wildman–Crippen MR) is 98.8 cm³/mol. The molecule has 21 heavy (non-hydrogen) atoms. The molecule has 2 aliphatic carbocycles. The Bertz CT molecular complexity index is 202. The molecule has 0 aromatic heterocycles. The Hall–Kier alpha value is 0. The van der Waals surface area contributed by atoms with E-state index in [9.17, 15) is 0 Å². The van der Waals surface area contributed by atoms with E-state index in [2.05, 4.69) is 27.7 Å². The molecule has 0 nitrogen and oxygen atoms in total. The summed E-state index contributed by atoms with van der Waals surface area (Å²) in [7, 11) is 0. The fourth-order valence-corrected chi connectivity index (χ4v) is 4.07. The molecule has 0 aliphatic heterocycles. The van der Waals surface area contributed by atoms with Crippen LogP contribution in [0.1, 0.15) is 112 Å². The molecular weight excluding hydrogens is 252 g/mol. The van der Waals surface area contributed by atoms with Gasteiger partial charge in [-0.15, -0.1) is 0 Å². The lowest BCUT2D eigenvalue weighted by Gasteiger charge is -2.22. The zero-order valence-corrected chi connectivity index (χ0v) is 14.8. The molecule has 0 heterocycles. The maximum atomic E-state index is 2.37. The van der Waals surface area contributed by atoms with Gasteiger partial charge in [-0.25, -0.2) is 0 Å². The van der Waals surface area contributed by atoms with Gasteiger partial charge in [0, 0.05) is 0 Å². The lowest BCUT2D eigenvalue weighted by Crippen LogP contribution is -2.08. The minimum absolute atomic E-state index is 0. The molecular formula is C21H44. The Morgan fingerprint density at radius 3 is 1.52 bits per heavy atom. The highest BCUT2D eigenvalue weighted by molar-refractivity contribution is 4.67. The third kappa shape index (κ3) is 10.4. The zero-order chi connectivity index (χ0) is 14.8. The summed E-state index contributed by atoms with van der Waals surface area (Å²) in [5.74, 6) is 3.97.